The van der Waals surface area contributed by atoms with E-state index in [4.69, 9.17) is 5.95 Å². The van der Waals surface area contributed by atoms with Gasteiger partial charge in [-0.2, -0.15) is 0 Å². The van der Waals surface area contributed by atoms with Crippen molar-refractivity contribution < 1.29 is 14.4 Å². The Bertz CT molecular complexity index is 463. The molecule has 0 radical (unpaired) electrons. The molecule has 0 aliphatic heterocycles. The number of carbonyl (C=O) groups excluding carboxylic acids is 1. The van der Waals surface area contributed by atoms with Gasteiger partial charge in [-0.05, 0) is 37.1 Å². The van der Waals surface area contributed by atoms with Crippen LogP contribution in [-0.4, -0.2) is 24.6 Å². The van der Waals surface area contributed by atoms with Crippen LogP contribution in [0.15, 0.2) is 36.4 Å². The minimum atomic E-state index is -0.288. The molecule has 0 heterocycles. The summed E-state index contributed by atoms with van der Waals surface area (Å²) in [6.07, 6.45) is 5.00. The number of hydrogen-bond donors (Lipinski definition) is 2. The lowest BCUT2D eigenvalue weighted by molar-refractivity contribution is 0.0829. The van der Waals surface area contributed by atoms with Gasteiger partial charge in [0.1, 0.15) is 5.75 Å². The topological polar surface area (TPSA) is 58.6 Å². The lowest BCUT2D eigenvalue weighted by Gasteiger charge is -2.25. The van der Waals surface area contributed by atoms with E-state index >= 15 is 0 Å². The van der Waals surface area contributed by atoms with E-state index in [1.54, 1.807) is 24.3 Å². The summed E-state index contributed by atoms with van der Waals surface area (Å²) in [4.78, 5) is 12.1. The SMILES string of the molecule is [3H]O[C@@H]1CC=CC[C@H]1NC(=O)c1ccc(OP)cc1. The van der Waals surface area contributed by atoms with Crippen LogP contribution in [-0.2, 0) is 0 Å². The summed E-state index contributed by atoms with van der Waals surface area (Å²) in [6.45, 7) is 0. The summed E-state index contributed by atoms with van der Waals surface area (Å²) in [6, 6.07) is 6.68. The molecule has 5 heteroatoms. The van der Waals surface area contributed by atoms with Crippen molar-refractivity contribution in [3.63, 3.8) is 0 Å². The molecule has 0 fully saturated rings. The van der Waals surface area contributed by atoms with E-state index in [0.717, 1.165) is 0 Å². The fraction of sp³-hybridized carbons (Fsp3) is 0.308. The summed E-state index contributed by atoms with van der Waals surface area (Å²) >= 11 is 0. The van der Waals surface area contributed by atoms with Crippen molar-refractivity contribution in [2.45, 2.75) is 25.0 Å². The Morgan fingerprint density at radius 2 is 2.11 bits per heavy atom. The molecule has 1 aromatic carbocycles. The lowest BCUT2D eigenvalue weighted by atomic mass is 9.98. The summed E-state index contributed by atoms with van der Waals surface area (Å²) in [7, 11) is 2.16. The van der Waals surface area contributed by atoms with Crippen molar-refractivity contribution in [2.24, 2.45) is 0 Å². The Labute approximate surface area is 110 Å². The third-order valence-corrected chi connectivity index (χ3v) is 3.22. The first kappa shape index (κ1) is 11.7. The smallest absolute Gasteiger partial charge is 0.251 e. The van der Waals surface area contributed by atoms with Gasteiger partial charge in [0.25, 0.3) is 5.91 Å². The Morgan fingerprint density at radius 1 is 1.39 bits per heavy atom. The van der Waals surface area contributed by atoms with E-state index in [2.05, 4.69) is 19.9 Å². The maximum Gasteiger partial charge on any atom is 0.251 e. The monoisotopic (exact) mass is 267 g/mol. The van der Waals surface area contributed by atoms with Crippen LogP contribution in [0.1, 0.15) is 23.2 Å². The van der Waals surface area contributed by atoms with Crippen LogP contribution >= 0.6 is 9.47 Å². The molecule has 1 aliphatic carbocycles. The molecule has 96 valence electrons. The molecule has 0 spiro atoms. The Balaban J connectivity index is 2.01. The van der Waals surface area contributed by atoms with Crippen molar-refractivity contribution in [3.05, 3.63) is 42.0 Å². The normalized spacial score (nSPS) is 23.3. The Hall–Kier alpha value is -1.38. The predicted molar refractivity (Wildman–Crippen MR) is 72.4 cm³/mol. The number of nitrogens with one attached hydrogen (secondary N) is 1. The zero-order valence-corrected chi connectivity index (χ0v) is 11.0. The molecule has 18 heavy (non-hydrogen) atoms. The third-order valence-electron chi connectivity index (χ3n) is 2.94. The van der Waals surface area contributed by atoms with Crippen molar-refractivity contribution in [3.8, 4) is 5.75 Å². The maximum absolute atomic E-state index is 12.1. The van der Waals surface area contributed by atoms with Gasteiger partial charge in [0.15, 0.2) is 0 Å². The van der Waals surface area contributed by atoms with Gasteiger partial charge >= 0.3 is 0 Å². The molecule has 1 aromatic rings. The van der Waals surface area contributed by atoms with Gasteiger partial charge in [0, 0.05) is 5.56 Å². The zero-order chi connectivity index (χ0) is 13.7. The second-order valence-corrected chi connectivity index (χ2v) is 4.44. The molecule has 0 aromatic heterocycles. The van der Waals surface area contributed by atoms with Gasteiger partial charge < -0.3 is 14.9 Å². The van der Waals surface area contributed by atoms with E-state index in [1.807, 2.05) is 12.2 Å². The van der Waals surface area contributed by atoms with E-state index < -0.39 is 0 Å². The summed E-state index contributed by atoms with van der Waals surface area (Å²) in [5.41, 5.74) is 0.559. The van der Waals surface area contributed by atoms with Crippen molar-refractivity contribution in [1.82, 2.24) is 5.32 Å². The minimum absolute atomic E-state index is 0.160. The number of aliphatic hydroxyl groups is 1. The van der Waals surface area contributed by atoms with Crippen LogP contribution in [0.3, 0.4) is 0 Å². The molecule has 1 amide bonds. The third kappa shape index (κ3) is 3.09. The molecule has 1 unspecified atom stereocenters. The number of amides is 1. The standard InChI is InChI=1S/C13H16NO3P/c15-12-4-2-1-3-11(12)14-13(16)9-5-7-10(17-18)8-6-9/h1-2,5-8,11-12,15H,3-4,18H2,(H,14,16)/t11-,12-/m1/s1/i15T. The first-order chi connectivity index (χ1) is 9.24. The van der Waals surface area contributed by atoms with Crippen molar-refractivity contribution >= 4 is 15.4 Å². The molecule has 0 saturated carbocycles. The molecule has 0 saturated heterocycles. The van der Waals surface area contributed by atoms with Crippen molar-refractivity contribution in [2.75, 3.05) is 0 Å². The number of rotatable bonds is 4. The quantitative estimate of drug-likeness (QED) is 0.644. The van der Waals surface area contributed by atoms with Crippen LogP contribution in [0.4, 0.5) is 0 Å². The van der Waals surface area contributed by atoms with Gasteiger partial charge in [-0.25, -0.2) is 0 Å². The summed E-state index contributed by atoms with van der Waals surface area (Å²) in [5, 5.41) is 7.53. The van der Waals surface area contributed by atoms with Crippen LogP contribution in [0.25, 0.3) is 0 Å². The van der Waals surface area contributed by atoms with Gasteiger partial charge in [-0.3, -0.25) is 4.79 Å². The fourth-order valence-corrected chi connectivity index (χ4v) is 2.03. The zero-order valence-electron chi connectivity index (χ0n) is 10.8. The minimum Gasteiger partial charge on any atom is -0.480 e. The van der Waals surface area contributed by atoms with Crippen molar-refractivity contribution in [1.29, 1.82) is 1.43 Å². The Morgan fingerprint density at radius 3 is 2.78 bits per heavy atom. The first-order valence-corrected chi connectivity index (χ1v) is 6.26. The second kappa shape index (κ2) is 5.98. The molecule has 2 rings (SSSR count). The van der Waals surface area contributed by atoms with Crippen LogP contribution in [0, 0.1) is 0 Å². The second-order valence-electron chi connectivity index (χ2n) is 4.20. The molecule has 1 aliphatic rings. The highest BCUT2D eigenvalue weighted by atomic mass is 31.0. The highest BCUT2D eigenvalue weighted by Crippen LogP contribution is 2.16. The average molecular weight is 267 g/mol. The fourth-order valence-electron chi connectivity index (χ4n) is 1.88. The molecule has 3 atom stereocenters. The summed E-state index contributed by atoms with van der Waals surface area (Å²) < 4.78 is 12.0. The number of carbonyl (C=O) groups is 1. The summed E-state index contributed by atoms with van der Waals surface area (Å²) in [5.74, 6) is 0.507. The highest BCUT2D eigenvalue weighted by molar-refractivity contribution is 7.10. The molecular formula is C13H16NO3P. The van der Waals surface area contributed by atoms with Crippen LogP contribution in [0.5, 0.6) is 5.75 Å². The van der Waals surface area contributed by atoms with Gasteiger partial charge in [0.2, 0.25) is 1.43 Å². The van der Waals surface area contributed by atoms with Crippen LogP contribution < -0.4 is 9.84 Å². The lowest BCUT2D eigenvalue weighted by Crippen LogP contribution is -2.43. The van der Waals surface area contributed by atoms with Gasteiger partial charge in [-0.1, -0.05) is 12.2 Å². The Kier molecular flexibility index (Phi) is 3.89. The molecule has 4 nitrogen and oxygen atoms in total. The van der Waals surface area contributed by atoms with Gasteiger partial charge in [-0.15, -0.1) is 0 Å². The maximum atomic E-state index is 12.1. The van der Waals surface area contributed by atoms with E-state index in [1.165, 1.54) is 0 Å². The van der Waals surface area contributed by atoms with E-state index in [-0.39, 0.29) is 18.1 Å². The molecule has 0 bridgehead atoms. The van der Waals surface area contributed by atoms with Gasteiger partial charge in [0.05, 0.1) is 21.6 Å². The largest absolute Gasteiger partial charge is 0.480 e. The predicted octanol–water partition coefficient (Wildman–Crippen LogP) is 1.66. The highest BCUT2D eigenvalue weighted by Gasteiger charge is 2.22. The van der Waals surface area contributed by atoms with E-state index in [9.17, 15) is 4.79 Å². The first-order valence-electron chi connectivity index (χ1n) is 6.20. The number of aliphatic hydroxyl groups excluding tert-OH is 1. The average Bonchev–Trinajstić information content (AvgIpc) is 2.48. The number of hydrogen-bond acceptors (Lipinski definition) is 3. The molecular weight excluding hydrogens is 249 g/mol. The van der Waals surface area contributed by atoms with Crippen LogP contribution in [0.2, 0.25) is 0 Å². The number of benzene rings is 1. The van der Waals surface area contributed by atoms with E-state index in [0.29, 0.717) is 24.2 Å². The molecule has 2 N–H and O–H groups in total.